The Morgan fingerprint density at radius 1 is 1.35 bits per heavy atom. The third-order valence-corrected chi connectivity index (χ3v) is 2.51. The van der Waals surface area contributed by atoms with E-state index in [2.05, 4.69) is 20.7 Å². The summed E-state index contributed by atoms with van der Waals surface area (Å²) in [7, 11) is 0. The molecule has 1 aromatic heterocycles. The number of hydrogen-bond donors (Lipinski definition) is 3. The van der Waals surface area contributed by atoms with E-state index in [1.54, 1.807) is 0 Å². The van der Waals surface area contributed by atoms with Gasteiger partial charge in [0.25, 0.3) is 5.95 Å². The molecule has 0 atom stereocenters. The maximum Gasteiger partial charge on any atom is 0.263 e. The Labute approximate surface area is 136 Å². The molecule has 0 bridgehead atoms. The zero-order chi connectivity index (χ0) is 13.1. The molecule has 1 aromatic carbocycles. The summed E-state index contributed by atoms with van der Waals surface area (Å²) in [6.07, 6.45) is 2.65. The van der Waals surface area contributed by atoms with E-state index >= 15 is 0 Å². The highest BCUT2D eigenvalue weighted by Gasteiger charge is 2.06. The fraction of sp³-hybridized carbons (Fsp3) is 0. The molecule has 0 unspecified atom stereocenters. The number of aromatic nitrogens is 3. The number of rotatable bonds is 3. The van der Waals surface area contributed by atoms with E-state index in [1.807, 2.05) is 0 Å². The lowest BCUT2D eigenvalue weighted by molar-refractivity contribution is 0.475. The maximum atomic E-state index is 9.67. The number of nitrogens with two attached hydrogens (primary N) is 1. The molecule has 0 aliphatic carbocycles. The van der Waals surface area contributed by atoms with E-state index in [9.17, 15) is 5.11 Å². The molecule has 0 radical (unpaired) electrons. The van der Waals surface area contributed by atoms with Crippen molar-refractivity contribution in [2.45, 2.75) is 0 Å². The van der Waals surface area contributed by atoms with Crippen LogP contribution in [0, 0.1) is 0 Å². The van der Waals surface area contributed by atoms with Crippen LogP contribution in [-0.4, -0.2) is 26.2 Å². The lowest BCUT2D eigenvalue weighted by Gasteiger charge is -2.02. The minimum absolute atomic E-state index is 0. The van der Waals surface area contributed by atoms with Gasteiger partial charge in [0, 0.05) is 10.6 Å². The molecular formula is C9H10Cl4N6O. The number of phenols is 1. The fourth-order valence-corrected chi connectivity index (χ4v) is 1.68. The predicted octanol–water partition coefficient (Wildman–Crippen LogP) is 2.29. The van der Waals surface area contributed by atoms with Gasteiger partial charge in [-0.05, 0) is 12.1 Å². The second-order valence-electron chi connectivity index (χ2n) is 3.26. The fourth-order valence-electron chi connectivity index (χ4n) is 1.17. The van der Waals surface area contributed by atoms with Crippen LogP contribution in [0.25, 0.3) is 0 Å². The van der Waals surface area contributed by atoms with Crippen LogP contribution in [0.1, 0.15) is 5.56 Å². The number of halogens is 4. The van der Waals surface area contributed by atoms with Crippen LogP contribution >= 0.6 is 48.0 Å². The third-order valence-electron chi connectivity index (χ3n) is 2.00. The van der Waals surface area contributed by atoms with Crippen molar-refractivity contribution in [3.63, 3.8) is 0 Å². The van der Waals surface area contributed by atoms with Crippen LogP contribution < -0.4 is 11.3 Å². The normalized spacial score (nSPS) is 9.90. The van der Waals surface area contributed by atoms with E-state index in [4.69, 9.17) is 29.0 Å². The molecule has 11 heteroatoms. The van der Waals surface area contributed by atoms with Gasteiger partial charge in [0.1, 0.15) is 12.1 Å². The molecule has 0 spiro atoms. The van der Waals surface area contributed by atoms with Crippen LogP contribution in [0.2, 0.25) is 10.0 Å². The first-order valence-electron chi connectivity index (χ1n) is 4.70. The number of hydrogen-bond acceptors (Lipinski definition) is 6. The number of anilines is 1. The first-order valence-corrected chi connectivity index (χ1v) is 5.45. The van der Waals surface area contributed by atoms with Gasteiger partial charge in [0.05, 0.1) is 11.2 Å². The average molecular weight is 360 g/mol. The van der Waals surface area contributed by atoms with E-state index in [0.29, 0.717) is 10.6 Å². The van der Waals surface area contributed by atoms with Crippen molar-refractivity contribution in [1.82, 2.24) is 14.9 Å². The van der Waals surface area contributed by atoms with E-state index in [1.165, 1.54) is 24.7 Å². The molecule has 110 valence electrons. The van der Waals surface area contributed by atoms with Crippen molar-refractivity contribution in [3.8, 4) is 5.75 Å². The van der Waals surface area contributed by atoms with E-state index in [-0.39, 0.29) is 41.5 Å². The second kappa shape index (κ2) is 8.01. The molecular weight excluding hydrogens is 350 g/mol. The summed E-state index contributed by atoms with van der Waals surface area (Å²) in [5, 5.41) is 21.2. The first kappa shape index (κ1) is 18.6. The molecule has 0 saturated heterocycles. The van der Waals surface area contributed by atoms with Crippen LogP contribution in [0.3, 0.4) is 0 Å². The Balaban J connectivity index is 0.00000180. The number of nitrogen functional groups attached to an aromatic ring is 1. The Morgan fingerprint density at radius 3 is 2.65 bits per heavy atom. The minimum Gasteiger partial charge on any atom is -0.506 e. The average Bonchev–Trinajstić information content (AvgIpc) is 2.71. The van der Waals surface area contributed by atoms with Gasteiger partial charge in [0.2, 0.25) is 0 Å². The summed E-state index contributed by atoms with van der Waals surface area (Å²) in [6, 6.07) is 2.95. The molecule has 4 N–H and O–H groups in total. The maximum absolute atomic E-state index is 9.67. The lowest BCUT2D eigenvalue weighted by atomic mass is 10.2. The number of hydrazone groups is 1. The van der Waals surface area contributed by atoms with E-state index < -0.39 is 0 Å². The molecule has 2 rings (SSSR count). The standard InChI is InChI=1S/C9H8Cl2N6O.2ClH/c10-6-1-5(8(18)7(11)2-6)3-13-15-9-16-14-4-17(9)12;;/h1-4,18H,12H2,(H,15,16);2*1H. The molecule has 7 nitrogen and oxygen atoms in total. The number of phenolic OH excluding ortho intramolecular Hbond substituents is 1. The summed E-state index contributed by atoms with van der Waals surface area (Å²) < 4.78 is 1.15. The van der Waals surface area contributed by atoms with Gasteiger partial charge in [-0.2, -0.15) is 5.10 Å². The Hall–Kier alpha value is -1.41. The van der Waals surface area contributed by atoms with Gasteiger partial charge in [0.15, 0.2) is 0 Å². The van der Waals surface area contributed by atoms with Gasteiger partial charge in [-0.1, -0.05) is 23.2 Å². The van der Waals surface area contributed by atoms with Crippen LogP contribution in [-0.2, 0) is 0 Å². The molecule has 0 saturated carbocycles. The third kappa shape index (κ3) is 4.31. The van der Waals surface area contributed by atoms with Gasteiger partial charge < -0.3 is 10.9 Å². The smallest absolute Gasteiger partial charge is 0.263 e. The highest BCUT2D eigenvalue weighted by Crippen LogP contribution is 2.29. The quantitative estimate of drug-likeness (QED) is 0.443. The van der Waals surface area contributed by atoms with Crippen molar-refractivity contribution in [3.05, 3.63) is 34.1 Å². The van der Waals surface area contributed by atoms with Gasteiger partial charge in [-0.3, -0.25) is 0 Å². The molecule has 20 heavy (non-hydrogen) atoms. The van der Waals surface area contributed by atoms with Crippen molar-refractivity contribution in [1.29, 1.82) is 0 Å². The number of benzene rings is 1. The Morgan fingerprint density at radius 2 is 2.05 bits per heavy atom. The van der Waals surface area contributed by atoms with E-state index in [0.717, 1.165) is 4.68 Å². The summed E-state index contributed by atoms with van der Waals surface area (Å²) in [4.78, 5) is 0. The zero-order valence-electron chi connectivity index (χ0n) is 9.70. The largest absolute Gasteiger partial charge is 0.506 e. The van der Waals surface area contributed by atoms with Crippen molar-refractivity contribution in [2.75, 3.05) is 11.3 Å². The number of aromatic hydroxyl groups is 1. The summed E-state index contributed by atoms with van der Waals surface area (Å²) >= 11 is 11.6. The summed E-state index contributed by atoms with van der Waals surface area (Å²) in [5.41, 5.74) is 2.91. The predicted molar refractivity (Wildman–Crippen MR) is 84.0 cm³/mol. The highest BCUT2D eigenvalue weighted by atomic mass is 35.5. The van der Waals surface area contributed by atoms with Crippen molar-refractivity contribution in [2.24, 2.45) is 5.10 Å². The minimum atomic E-state index is -0.110. The van der Waals surface area contributed by atoms with Crippen LogP contribution in [0.4, 0.5) is 5.95 Å². The number of nitrogens with one attached hydrogen (secondary N) is 1. The Bertz CT molecular complexity index is 602. The van der Waals surface area contributed by atoms with Crippen molar-refractivity contribution >= 4 is 60.2 Å². The molecule has 0 amide bonds. The monoisotopic (exact) mass is 358 g/mol. The zero-order valence-corrected chi connectivity index (χ0v) is 12.8. The second-order valence-corrected chi connectivity index (χ2v) is 4.10. The molecule has 0 aliphatic heterocycles. The Kier molecular flexibility index (Phi) is 7.44. The number of nitrogens with zero attached hydrogens (tertiary/aromatic N) is 4. The molecule has 2 aromatic rings. The van der Waals surface area contributed by atoms with Gasteiger partial charge in [-0.15, -0.1) is 35.0 Å². The van der Waals surface area contributed by atoms with Crippen molar-refractivity contribution < 1.29 is 5.11 Å². The van der Waals surface area contributed by atoms with Gasteiger partial charge >= 0.3 is 0 Å². The first-order chi connectivity index (χ1) is 8.58. The van der Waals surface area contributed by atoms with Crippen LogP contribution in [0.5, 0.6) is 5.75 Å². The SMILES string of the molecule is Cl.Cl.Nn1cnnc1NN=Cc1cc(Cl)cc(Cl)c1O. The summed E-state index contributed by atoms with van der Waals surface area (Å²) in [6.45, 7) is 0. The molecule has 0 aliphatic rings. The lowest BCUT2D eigenvalue weighted by Crippen LogP contribution is -2.10. The summed E-state index contributed by atoms with van der Waals surface area (Å²) in [5.74, 6) is 5.60. The topological polar surface area (TPSA) is 101 Å². The van der Waals surface area contributed by atoms with Gasteiger partial charge in [-0.25, -0.2) is 10.1 Å². The highest BCUT2D eigenvalue weighted by molar-refractivity contribution is 6.36. The van der Waals surface area contributed by atoms with Crippen LogP contribution in [0.15, 0.2) is 23.6 Å². The molecule has 1 heterocycles. The molecule has 0 fully saturated rings.